The van der Waals surface area contributed by atoms with Crippen molar-refractivity contribution < 1.29 is 14.6 Å². The molecule has 0 saturated heterocycles. The lowest BCUT2D eigenvalue weighted by Gasteiger charge is -2.11. The average Bonchev–Trinajstić information content (AvgIpc) is 2.10. The summed E-state index contributed by atoms with van der Waals surface area (Å²) in [6.45, 7) is 5.93. The highest BCUT2D eigenvalue weighted by Crippen LogP contribution is 2.04. The van der Waals surface area contributed by atoms with Crippen LogP contribution in [0.1, 0.15) is 6.92 Å². The highest BCUT2D eigenvalue weighted by atomic mass is 16.7. The number of hydrogen-bond acceptors (Lipinski definition) is 3. The normalized spacial score (nSPS) is 13.6. The van der Waals surface area contributed by atoms with Gasteiger partial charge in [0.1, 0.15) is 6.79 Å². The van der Waals surface area contributed by atoms with E-state index >= 15 is 0 Å². The zero-order chi connectivity index (χ0) is 9.40. The minimum atomic E-state index is -0.0762. The molecule has 0 spiro atoms. The Balaban J connectivity index is 3.68. The van der Waals surface area contributed by atoms with Gasteiger partial charge in [-0.3, -0.25) is 0 Å². The van der Waals surface area contributed by atoms with Gasteiger partial charge in [-0.05, 0) is 12.5 Å². The predicted molar refractivity (Wildman–Crippen MR) is 47.8 cm³/mol. The number of ether oxygens (including phenoxy) is 2. The van der Waals surface area contributed by atoms with Crippen LogP contribution in [0.15, 0.2) is 24.3 Å². The van der Waals surface area contributed by atoms with Gasteiger partial charge in [0.15, 0.2) is 0 Å². The predicted octanol–water partition coefficient (Wildman–Crippen LogP) is 1.10. The molecule has 0 heterocycles. The molecule has 1 atom stereocenters. The number of aliphatic hydroxyl groups is 1. The number of methoxy groups -OCH3 is 1. The standard InChI is InChI=1S/C9H16O3/c1-8(5-4-6-10)9(2)12-7-11-3/h4-5,9-10H,1,6-7H2,2-3H3/b5-4+/t9-/m0/s1. The Kier molecular flexibility index (Phi) is 6.66. The van der Waals surface area contributed by atoms with Gasteiger partial charge in [-0.15, -0.1) is 0 Å². The third-order valence-corrected chi connectivity index (χ3v) is 1.40. The highest BCUT2D eigenvalue weighted by molar-refractivity contribution is 5.18. The maximum atomic E-state index is 8.48. The van der Waals surface area contributed by atoms with Crippen LogP contribution in [-0.2, 0) is 9.47 Å². The topological polar surface area (TPSA) is 38.7 Å². The fraction of sp³-hybridized carbons (Fsp3) is 0.556. The first-order chi connectivity index (χ1) is 5.72. The summed E-state index contributed by atoms with van der Waals surface area (Å²) in [5.74, 6) is 0. The van der Waals surface area contributed by atoms with Gasteiger partial charge in [0.25, 0.3) is 0 Å². The van der Waals surface area contributed by atoms with Crippen LogP contribution < -0.4 is 0 Å². The molecular weight excluding hydrogens is 156 g/mol. The van der Waals surface area contributed by atoms with Crippen molar-refractivity contribution >= 4 is 0 Å². The SMILES string of the molecule is C=C(/C=C/CO)[C@H](C)OCOC. The lowest BCUT2D eigenvalue weighted by Crippen LogP contribution is -2.11. The van der Waals surface area contributed by atoms with Crippen molar-refractivity contribution in [2.75, 3.05) is 20.5 Å². The molecule has 0 bridgehead atoms. The Labute approximate surface area is 73.3 Å². The van der Waals surface area contributed by atoms with Gasteiger partial charge in [0.05, 0.1) is 12.7 Å². The minimum absolute atomic E-state index is 0.0238. The summed E-state index contributed by atoms with van der Waals surface area (Å²) in [4.78, 5) is 0. The molecule has 0 aromatic rings. The Morgan fingerprint density at radius 1 is 1.67 bits per heavy atom. The lowest BCUT2D eigenvalue weighted by molar-refractivity contribution is -0.0519. The van der Waals surface area contributed by atoms with Crippen LogP contribution in [0.4, 0.5) is 0 Å². The maximum absolute atomic E-state index is 8.48. The lowest BCUT2D eigenvalue weighted by atomic mass is 10.2. The van der Waals surface area contributed by atoms with Crippen molar-refractivity contribution in [2.24, 2.45) is 0 Å². The van der Waals surface area contributed by atoms with E-state index in [9.17, 15) is 0 Å². The average molecular weight is 172 g/mol. The van der Waals surface area contributed by atoms with Crippen molar-refractivity contribution in [2.45, 2.75) is 13.0 Å². The van der Waals surface area contributed by atoms with E-state index in [1.807, 2.05) is 6.92 Å². The first-order valence-corrected chi connectivity index (χ1v) is 3.79. The molecule has 1 N–H and O–H groups in total. The fourth-order valence-electron chi connectivity index (χ4n) is 0.617. The second-order valence-corrected chi connectivity index (χ2v) is 2.38. The Bertz CT molecular complexity index is 152. The minimum Gasteiger partial charge on any atom is -0.392 e. The van der Waals surface area contributed by atoms with Gasteiger partial charge in [-0.1, -0.05) is 18.7 Å². The van der Waals surface area contributed by atoms with Gasteiger partial charge in [0.2, 0.25) is 0 Å². The zero-order valence-electron chi connectivity index (χ0n) is 7.62. The summed E-state index contributed by atoms with van der Waals surface area (Å²) >= 11 is 0. The van der Waals surface area contributed by atoms with Crippen LogP contribution in [0, 0.1) is 0 Å². The number of aliphatic hydroxyl groups excluding tert-OH is 1. The highest BCUT2D eigenvalue weighted by Gasteiger charge is 2.02. The van der Waals surface area contributed by atoms with Crippen LogP contribution >= 0.6 is 0 Å². The molecule has 0 aliphatic rings. The molecule has 3 heteroatoms. The largest absolute Gasteiger partial charge is 0.392 e. The van der Waals surface area contributed by atoms with E-state index < -0.39 is 0 Å². The van der Waals surface area contributed by atoms with E-state index in [1.54, 1.807) is 19.3 Å². The van der Waals surface area contributed by atoms with Crippen molar-refractivity contribution in [3.8, 4) is 0 Å². The third kappa shape index (κ3) is 5.07. The van der Waals surface area contributed by atoms with Crippen molar-refractivity contribution in [3.05, 3.63) is 24.3 Å². The quantitative estimate of drug-likeness (QED) is 0.481. The van der Waals surface area contributed by atoms with Gasteiger partial charge >= 0.3 is 0 Å². The summed E-state index contributed by atoms with van der Waals surface area (Å²) in [6.07, 6.45) is 3.28. The van der Waals surface area contributed by atoms with Gasteiger partial charge in [-0.2, -0.15) is 0 Å². The first kappa shape index (κ1) is 11.4. The van der Waals surface area contributed by atoms with Crippen molar-refractivity contribution in [1.29, 1.82) is 0 Å². The molecule has 0 saturated carbocycles. The van der Waals surface area contributed by atoms with E-state index in [-0.39, 0.29) is 19.5 Å². The Hall–Kier alpha value is -0.640. The van der Waals surface area contributed by atoms with E-state index in [4.69, 9.17) is 14.6 Å². The summed E-state index contributed by atoms with van der Waals surface area (Å²) < 4.78 is 9.93. The number of hydrogen-bond donors (Lipinski definition) is 1. The molecule has 3 nitrogen and oxygen atoms in total. The molecule has 0 unspecified atom stereocenters. The van der Waals surface area contributed by atoms with E-state index in [1.165, 1.54) is 0 Å². The second-order valence-electron chi connectivity index (χ2n) is 2.38. The van der Waals surface area contributed by atoms with Gasteiger partial charge in [-0.25, -0.2) is 0 Å². The van der Waals surface area contributed by atoms with Gasteiger partial charge in [0, 0.05) is 7.11 Å². The van der Waals surface area contributed by atoms with Crippen LogP contribution in [0.2, 0.25) is 0 Å². The summed E-state index contributed by atoms with van der Waals surface area (Å²) in [6, 6.07) is 0. The van der Waals surface area contributed by atoms with Crippen molar-refractivity contribution in [3.63, 3.8) is 0 Å². The molecule has 0 aliphatic heterocycles. The maximum Gasteiger partial charge on any atom is 0.147 e. The molecule has 0 aromatic carbocycles. The Morgan fingerprint density at radius 3 is 2.83 bits per heavy atom. The molecule has 70 valence electrons. The summed E-state index contributed by atoms with van der Waals surface area (Å²) in [7, 11) is 1.57. The molecule has 12 heavy (non-hydrogen) atoms. The Morgan fingerprint density at radius 2 is 2.33 bits per heavy atom. The molecule has 0 fully saturated rings. The van der Waals surface area contributed by atoms with E-state index in [0.29, 0.717) is 0 Å². The molecular formula is C9H16O3. The first-order valence-electron chi connectivity index (χ1n) is 3.79. The molecule has 0 aliphatic carbocycles. The van der Waals surface area contributed by atoms with E-state index in [2.05, 4.69) is 6.58 Å². The summed E-state index contributed by atoms with van der Waals surface area (Å²) in [5.41, 5.74) is 0.820. The molecule has 0 aromatic heterocycles. The number of rotatable bonds is 6. The monoisotopic (exact) mass is 172 g/mol. The second kappa shape index (κ2) is 7.03. The van der Waals surface area contributed by atoms with Crippen LogP contribution in [-0.4, -0.2) is 31.7 Å². The summed E-state index contributed by atoms with van der Waals surface area (Å²) in [5, 5.41) is 8.48. The van der Waals surface area contributed by atoms with Crippen molar-refractivity contribution in [1.82, 2.24) is 0 Å². The fourth-order valence-corrected chi connectivity index (χ4v) is 0.617. The van der Waals surface area contributed by atoms with Gasteiger partial charge < -0.3 is 14.6 Å². The van der Waals surface area contributed by atoms with Crippen LogP contribution in [0.25, 0.3) is 0 Å². The van der Waals surface area contributed by atoms with Crippen LogP contribution in [0.5, 0.6) is 0 Å². The molecule has 0 amide bonds. The third-order valence-electron chi connectivity index (χ3n) is 1.40. The zero-order valence-corrected chi connectivity index (χ0v) is 7.62. The van der Waals surface area contributed by atoms with Crippen LogP contribution in [0.3, 0.4) is 0 Å². The molecule has 0 radical (unpaired) electrons. The smallest absolute Gasteiger partial charge is 0.147 e. The van der Waals surface area contributed by atoms with E-state index in [0.717, 1.165) is 5.57 Å². The molecule has 0 rings (SSSR count).